The summed E-state index contributed by atoms with van der Waals surface area (Å²) in [6.45, 7) is 0. The van der Waals surface area contributed by atoms with E-state index in [-0.39, 0.29) is 0 Å². The van der Waals surface area contributed by atoms with Gasteiger partial charge in [-0.25, -0.2) is 14.5 Å². The Kier molecular flexibility index (Phi) is 3.88. The van der Waals surface area contributed by atoms with E-state index in [4.69, 9.17) is 0 Å². The quantitative estimate of drug-likeness (QED) is 0.743. The number of carbonyl (C=O) groups excluding carboxylic acids is 1. The van der Waals surface area contributed by atoms with E-state index in [0.29, 0.717) is 5.56 Å². The Balaban J connectivity index is 2.16. The molecule has 0 spiro atoms. The molecule has 100 valence electrons. The average Bonchev–Trinajstić information content (AvgIpc) is 2.99. The molecule has 7 nitrogen and oxygen atoms in total. The Morgan fingerprint density at radius 3 is 2.53 bits per heavy atom. The van der Waals surface area contributed by atoms with E-state index >= 15 is 0 Å². The maximum absolute atomic E-state index is 11.1. The lowest BCUT2D eigenvalue weighted by Crippen LogP contribution is -2.29. The molecule has 7 heteroatoms. The van der Waals surface area contributed by atoms with Crippen LogP contribution in [-0.4, -0.2) is 44.2 Å². The van der Waals surface area contributed by atoms with Crippen LogP contribution in [0.4, 0.5) is 0 Å². The summed E-state index contributed by atoms with van der Waals surface area (Å²) in [5, 5.41) is 23.3. The molecule has 19 heavy (non-hydrogen) atoms. The number of esters is 1. The number of carbonyl (C=O) groups is 1. The van der Waals surface area contributed by atoms with E-state index in [1.807, 2.05) is 0 Å². The van der Waals surface area contributed by atoms with Crippen molar-refractivity contribution in [1.29, 1.82) is 0 Å². The fourth-order valence-electron chi connectivity index (χ4n) is 1.60. The monoisotopic (exact) mass is 263 g/mol. The van der Waals surface area contributed by atoms with Crippen molar-refractivity contribution < 1.29 is 19.7 Å². The number of rotatable bonds is 4. The van der Waals surface area contributed by atoms with Gasteiger partial charge in [-0.05, 0) is 17.7 Å². The second-order valence-electron chi connectivity index (χ2n) is 3.84. The first-order valence-electron chi connectivity index (χ1n) is 5.52. The Hall–Kier alpha value is -2.25. The Bertz CT molecular complexity index is 539. The van der Waals surface area contributed by atoms with Gasteiger partial charge in [-0.15, -0.1) is 0 Å². The average molecular weight is 263 g/mol. The second kappa shape index (κ2) is 5.59. The lowest BCUT2D eigenvalue weighted by molar-refractivity contribution is -0.156. The number of methoxy groups -OCH3 is 1. The number of nitrogens with zero attached hydrogens (tertiary/aromatic N) is 3. The molecule has 2 rings (SSSR count). The predicted molar refractivity (Wildman–Crippen MR) is 64.3 cm³/mol. The maximum atomic E-state index is 11.1. The fraction of sp³-hybridized carbons (Fsp3) is 0.250. The molecule has 0 aliphatic heterocycles. The zero-order valence-corrected chi connectivity index (χ0v) is 10.2. The number of hydrogen-bond acceptors (Lipinski definition) is 6. The highest BCUT2D eigenvalue weighted by Gasteiger charge is 2.26. The first kappa shape index (κ1) is 13.2. The van der Waals surface area contributed by atoms with Gasteiger partial charge in [0.05, 0.1) is 12.8 Å². The van der Waals surface area contributed by atoms with Crippen LogP contribution in [0, 0.1) is 0 Å². The van der Waals surface area contributed by atoms with Crippen molar-refractivity contribution in [3.63, 3.8) is 0 Å². The van der Waals surface area contributed by atoms with Crippen molar-refractivity contribution in [3.05, 3.63) is 42.5 Å². The molecule has 2 N–H and O–H groups in total. The van der Waals surface area contributed by atoms with Crippen LogP contribution in [0.5, 0.6) is 0 Å². The predicted octanol–water partition coefficient (Wildman–Crippen LogP) is -0.165. The molecule has 2 aromatic rings. The number of aliphatic hydroxyl groups excluding tert-OH is 2. The van der Waals surface area contributed by atoms with Gasteiger partial charge < -0.3 is 14.9 Å². The third-order valence-corrected chi connectivity index (χ3v) is 2.66. The molecule has 0 amide bonds. The van der Waals surface area contributed by atoms with Crippen molar-refractivity contribution in [2.24, 2.45) is 0 Å². The molecule has 0 saturated heterocycles. The molecular weight excluding hydrogens is 250 g/mol. The van der Waals surface area contributed by atoms with E-state index in [1.54, 1.807) is 28.9 Å². The highest BCUT2D eigenvalue weighted by Crippen LogP contribution is 2.19. The van der Waals surface area contributed by atoms with Gasteiger partial charge in [0, 0.05) is 0 Å². The van der Waals surface area contributed by atoms with E-state index in [2.05, 4.69) is 14.8 Å². The van der Waals surface area contributed by atoms with E-state index in [0.717, 1.165) is 12.8 Å². The summed E-state index contributed by atoms with van der Waals surface area (Å²) >= 11 is 0. The molecule has 0 aliphatic carbocycles. The summed E-state index contributed by atoms with van der Waals surface area (Å²) in [6.07, 6.45) is -0.00198. The third-order valence-electron chi connectivity index (χ3n) is 2.66. The molecule has 1 aromatic carbocycles. The largest absolute Gasteiger partial charge is 0.467 e. The lowest BCUT2D eigenvalue weighted by Gasteiger charge is -2.16. The standard InChI is InChI=1S/C12H13N3O4/c1-19-12(18)11(17)10(16)8-2-4-9(5-3-8)15-7-13-6-14-15/h2-7,10-11,16-17H,1H3. The lowest BCUT2D eigenvalue weighted by atomic mass is 10.0. The minimum atomic E-state index is -1.61. The van der Waals surface area contributed by atoms with Crippen molar-refractivity contribution in [2.45, 2.75) is 12.2 Å². The molecule has 0 bridgehead atoms. The van der Waals surface area contributed by atoms with Crippen LogP contribution >= 0.6 is 0 Å². The van der Waals surface area contributed by atoms with E-state index in [1.165, 1.54) is 12.7 Å². The second-order valence-corrected chi connectivity index (χ2v) is 3.84. The number of aromatic nitrogens is 3. The number of aliphatic hydroxyl groups is 2. The molecule has 1 heterocycles. The summed E-state index contributed by atoms with van der Waals surface area (Å²) in [7, 11) is 1.14. The molecule has 0 saturated carbocycles. The highest BCUT2D eigenvalue weighted by atomic mass is 16.5. The smallest absolute Gasteiger partial charge is 0.337 e. The van der Waals surface area contributed by atoms with Crippen LogP contribution in [0.25, 0.3) is 5.69 Å². The summed E-state index contributed by atoms with van der Waals surface area (Å²) in [5.41, 5.74) is 1.16. The molecule has 0 radical (unpaired) electrons. The van der Waals surface area contributed by atoms with Crippen LogP contribution in [0.3, 0.4) is 0 Å². The van der Waals surface area contributed by atoms with Gasteiger partial charge in [0.1, 0.15) is 18.8 Å². The minimum absolute atomic E-state index is 0.404. The molecule has 2 atom stereocenters. The third kappa shape index (κ3) is 2.78. The van der Waals surface area contributed by atoms with E-state index in [9.17, 15) is 15.0 Å². The Morgan fingerprint density at radius 2 is 2.00 bits per heavy atom. The normalized spacial score (nSPS) is 13.8. The van der Waals surface area contributed by atoms with Crippen molar-refractivity contribution >= 4 is 5.97 Å². The summed E-state index contributed by atoms with van der Waals surface area (Å²) < 4.78 is 5.91. The fourth-order valence-corrected chi connectivity index (χ4v) is 1.60. The Morgan fingerprint density at radius 1 is 1.32 bits per heavy atom. The molecule has 0 aliphatic rings. The van der Waals surface area contributed by atoms with Gasteiger partial charge in [0.15, 0.2) is 6.10 Å². The summed E-state index contributed by atoms with van der Waals surface area (Å²) in [6, 6.07) is 6.57. The maximum Gasteiger partial charge on any atom is 0.337 e. The summed E-state index contributed by atoms with van der Waals surface area (Å²) in [4.78, 5) is 14.9. The first-order valence-corrected chi connectivity index (χ1v) is 5.52. The van der Waals surface area contributed by atoms with Crippen molar-refractivity contribution in [3.8, 4) is 5.69 Å². The van der Waals surface area contributed by atoms with Gasteiger partial charge >= 0.3 is 5.97 Å². The van der Waals surface area contributed by atoms with Gasteiger partial charge in [-0.1, -0.05) is 12.1 Å². The first-order chi connectivity index (χ1) is 9.13. The molecule has 0 fully saturated rings. The Labute approximate surface area is 109 Å². The van der Waals surface area contributed by atoms with Crippen molar-refractivity contribution in [2.75, 3.05) is 7.11 Å². The van der Waals surface area contributed by atoms with Crippen molar-refractivity contribution in [1.82, 2.24) is 14.8 Å². The highest BCUT2D eigenvalue weighted by molar-refractivity contribution is 5.75. The van der Waals surface area contributed by atoms with Crippen LogP contribution in [0.1, 0.15) is 11.7 Å². The van der Waals surface area contributed by atoms with Gasteiger partial charge in [0.25, 0.3) is 0 Å². The molecule has 2 unspecified atom stereocenters. The van der Waals surface area contributed by atoms with Gasteiger partial charge in [0.2, 0.25) is 0 Å². The molecular formula is C12H13N3O4. The van der Waals surface area contributed by atoms with Crippen LogP contribution < -0.4 is 0 Å². The number of benzene rings is 1. The SMILES string of the molecule is COC(=O)C(O)C(O)c1ccc(-n2cncn2)cc1. The summed E-state index contributed by atoms with van der Waals surface area (Å²) in [5.74, 6) is -0.882. The van der Waals surface area contributed by atoms with Crippen LogP contribution in [-0.2, 0) is 9.53 Å². The number of hydrogen-bond donors (Lipinski definition) is 2. The molecule has 1 aromatic heterocycles. The zero-order chi connectivity index (χ0) is 13.8. The van der Waals surface area contributed by atoms with Gasteiger partial charge in [-0.2, -0.15) is 5.10 Å². The van der Waals surface area contributed by atoms with E-state index < -0.39 is 18.2 Å². The van der Waals surface area contributed by atoms with Crippen LogP contribution in [0.2, 0.25) is 0 Å². The zero-order valence-electron chi connectivity index (χ0n) is 10.2. The topological polar surface area (TPSA) is 97.5 Å². The number of ether oxygens (including phenoxy) is 1. The van der Waals surface area contributed by atoms with Gasteiger partial charge in [-0.3, -0.25) is 0 Å². The van der Waals surface area contributed by atoms with Crippen LogP contribution in [0.15, 0.2) is 36.9 Å². The minimum Gasteiger partial charge on any atom is -0.467 e.